The van der Waals surface area contributed by atoms with Crippen LogP contribution in [0.4, 0.5) is 5.69 Å². The monoisotopic (exact) mass is 428 g/mol. The number of anilines is 1. The third-order valence-electron chi connectivity index (χ3n) is 4.18. The number of rotatable bonds is 5. The number of hydrogen-bond acceptors (Lipinski definition) is 2. The number of halogens is 1. The Morgan fingerprint density at radius 3 is 2.48 bits per heavy atom. The molecule has 1 aromatic rings. The summed E-state index contributed by atoms with van der Waals surface area (Å²) in [7, 11) is 1.78. The van der Waals surface area contributed by atoms with E-state index in [1.54, 1.807) is 7.05 Å². The molecule has 0 atom stereocenters. The van der Waals surface area contributed by atoms with Gasteiger partial charge >= 0.3 is 0 Å². The van der Waals surface area contributed by atoms with Gasteiger partial charge in [-0.05, 0) is 36.5 Å². The molecule has 0 saturated carbocycles. The summed E-state index contributed by atoms with van der Waals surface area (Å²) in [5.74, 6) is 1.67. The summed E-state index contributed by atoms with van der Waals surface area (Å²) < 4.78 is 0. The zero-order valence-electron chi connectivity index (χ0n) is 14.2. The topological polar surface area (TPSA) is 39.7 Å². The second-order valence-electron chi connectivity index (χ2n) is 5.93. The SMILES string of the molecule is C=CCNC(=NC)NCc1ccc(N2CCC(C)CC2)cc1.I. The van der Waals surface area contributed by atoms with Gasteiger partial charge in [-0.1, -0.05) is 25.1 Å². The van der Waals surface area contributed by atoms with Gasteiger partial charge in [0.2, 0.25) is 0 Å². The van der Waals surface area contributed by atoms with Gasteiger partial charge in [0.25, 0.3) is 0 Å². The Kier molecular flexibility index (Phi) is 9.06. The van der Waals surface area contributed by atoms with Gasteiger partial charge in [-0.3, -0.25) is 4.99 Å². The number of hydrogen-bond donors (Lipinski definition) is 2. The highest BCUT2D eigenvalue weighted by Gasteiger charge is 2.15. The molecule has 0 aromatic heterocycles. The molecule has 0 radical (unpaired) electrons. The van der Waals surface area contributed by atoms with Crippen molar-refractivity contribution in [3.63, 3.8) is 0 Å². The van der Waals surface area contributed by atoms with Crippen molar-refractivity contribution in [1.82, 2.24) is 10.6 Å². The number of benzene rings is 1. The molecule has 0 aliphatic carbocycles. The fourth-order valence-corrected chi connectivity index (χ4v) is 2.67. The summed E-state index contributed by atoms with van der Waals surface area (Å²) in [4.78, 5) is 6.66. The molecule has 0 bridgehead atoms. The summed E-state index contributed by atoms with van der Waals surface area (Å²) in [6, 6.07) is 8.85. The zero-order valence-corrected chi connectivity index (χ0v) is 16.5. The third-order valence-corrected chi connectivity index (χ3v) is 4.18. The smallest absolute Gasteiger partial charge is 0.191 e. The summed E-state index contributed by atoms with van der Waals surface area (Å²) >= 11 is 0. The van der Waals surface area contributed by atoms with E-state index >= 15 is 0 Å². The van der Waals surface area contributed by atoms with Crippen LogP contribution in [0.5, 0.6) is 0 Å². The summed E-state index contributed by atoms with van der Waals surface area (Å²) in [6.45, 7) is 9.88. The highest BCUT2D eigenvalue weighted by atomic mass is 127. The number of piperidine rings is 1. The number of nitrogens with one attached hydrogen (secondary N) is 2. The van der Waals surface area contributed by atoms with Gasteiger partial charge in [0.05, 0.1) is 0 Å². The molecule has 5 heteroatoms. The molecule has 2 N–H and O–H groups in total. The molecular formula is C18H29IN4. The molecule has 1 aliphatic heterocycles. The molecule has 0 unspecified atom stereocenters. The van der Waals surface area contributed by atoms with Crippen molar-refractivity contribution in [2.75, 3.05) is 31.6 Å². The summed E-state index contributed by atoms with van der Waals surface area (Å²) in [5, 5.41) is 6.47. The molecule has 0 amide bonds. The van der Waals surface area contributed by atoms with Gasteiger partial charge in [0, 0.05) is 38.9 Å². The predicted molar refractivity (Wildman–Crippen MR) is 111 cm³/mol. The first-order valence-electron chi connectivity index (χ1n) is 8.12. The van der Waals surface area contributed by atoms with Crippen molar-refractivity contribution in [1.29, 1.82) is 0 Å². The number of aliphatic imine (C=N–C) groups is 1. The van der Waals surface area contributed by atoms with E-state index in [9.17, 15) is 0 Å². The lowest BCUT2D eigenvalue weighted by molar-refractivity contribution is 0.438. The lowest BCUT2D eigenvalue weighted by Crippen LogP contribution is -2.36. The molecule has 1 aromatic carbocycles. The van der Waals surface area contributed by atoms with Gasteiger partial charge < -0.3 is 15.5 Å². The molecule has 128 valence electrons. The van der Waals surface area contributed by atoms with Crippen LogP contribution in [-0.4, -0.2) is 32.6 Å². The van der Waals surface area contributed by atoms with E-state index in [0.29, 0.717) is 6.54 Å². The Morgan fingerprint density at radius 1 is 1.26 bits per heavy atom. The van der Waals surface area contributed by atoms with E-state index in [2.05, 4.69) is 58.3 Å². The van der Waals surface area contributed by atoms with Crippen molar-refractivity contribution >= 4 is 35.6 Å². The largest absolute Gasteiger partial charge is 0.372 e. The van der Waals surface area contributed by atoms with E-state index in [-0.39, 0.29) is 24.0 Å². The first-order chi connectivity index (χ1) is 10.7. The van der Waals surface area contributed by atoms with Crippen LogP contribution in [0.2, 0.25) is 0 Å². The minimum absolute atomic E-state index is 0. The Morgan fingerprint density at radius 2 is 1.91 bits per heavy atom. The zero-order chi connectivity index (χ0) is 15.8. The van der Waals surface area contributed by atoms with Crippen LogP contribution in [0.15, 0.2) is 41.9 Å². The molecule has 1 heterocycles. The number of guanidine groups is 1. The van der Waals surface area contributed by atoms with Crippen LogP contribution in [0.3, 0.4) is 0 Å². The molecule has 0 spiro atoms. The maximum absolute atomic E-state index is 4.18. The molecule has 2 rings (SSSR count). The standard InChI is InChI=1S/C18H28N4.HI/c1-4-11-20-18(19-3)21-14-16-5-7-17(8-6-16)22-12-9-15(2)10-13-22;/h4-8,15H,1,9-14H2,2-3H3,(H2,19,20,21);1H. The van der Waals surface area contributed by atoms with Gasteiger partial charge in [0.1, 0.15) is 0 Å². The highest BCUT2D eigenvalue weighted by Crippen LogP contribution is 2.23. The van der Waals surface area contributed by atoms with Crippen LogP contribution in [0, 0.1) is 5.92 Å². The van der Waals surface area contributed by atoms with Crippen molar-refractivity contribution in [3.8, 4) is 0 Å². The lowest BCUT2D eigenvalue weighted by atomic mass is 9.99. The highest BCUT2D eigenvalue weighted by molar-refractivity contribution is 14.0. The Bertz CT molecular complexity index is 490. The van der Waals surface area contributed by atoms with E-state index in [1.807, 2.05) is 6.08 Å². The van der Waals surface area contributed by atoms with Crippen molar-refractivity contribution in [2.24, 2.45) is 10.9 Å². The second-order valence-corrected chi connectivity index (χ2v) is 5.93. The Balaban J connectivity index is 0.00000264. The van der Waals surface area contributed by atoms with Crippen molar-refractivity contribution < 1.29 is 0 Å². The molecule has 4 nitrogen and oxygen atoms in total. The third kappa shape index (κ3) is 6.41. The fourth-order valence-electron chi connectivity index (χ4n) is 2.67. The average Bonchev–Trinajstić information content (AvgIpc) is 2.56. The Hall–Kier alpha value is -1.24. The predicted octanol–water partition coefficient (Wildman–Crippen LogP) is 3.39. The fraction of sp³-hybridized carbons (Fsp3) is 0.500. The van der Waals surface area contributed by atoms with Crippen LogP contribution < -0.4 is 15.5 Å². The maximum Gasteiger partial charge on any atom is 0.191 e. The average molecular weight is 428 g/mol. The van der Waals surface area contributed by atoms with Crippen molar-refractivity contribution in [3.05, 3.63) is 42.5 Å². The van der Waals surface area contributed by atoms with Gasteiger partial charge in [-0.2, -0.15) is 0 Å². The van der Waals surface area contributed by atoms with Gasteiger partial charge in [0.15, 0.2) is 5.96 Å². The molecule has 1 saturated heterocycles. The Labute approximate surface area is 157 Å². The quantitative estimate of drug-likeness (QED) is 0.327. The minimum atomic E-state index is 0. The van der Waals surface area contributed by atoms with E-state index in [1.165, 1.54) is 37.2 Å². The maximum atomic E-state index is 4.18. The van der Waals surface area contributed by atoms with E-state index < -0.39 is 0 Å². The normalized spacial score (nSPS) is 15.7. The molecule has 1 fully saturated rings. The molecule has 23 heavy (non-hydrogen) atoms. The van der Waals surface area contributed by atoms with Crippen LogP contribution in [0.1, 0.15) is 25.3 Å². The first kappa shape index (κ1) is 19.8. The number of nitrogens with zero attached hydrogens (tertiary/aromatic N) is 2. The van der Waals surface area contributed by atoms with E-state index in [4.69, 9.17) is 0 Å². The molecular weight excluding hydrogens is 399 g/mol. The van der Waals surface area contributed by atoms with Gasteiger partial charge in [-0.15, -0.1) is 30.6 Å². The second kappa shape index (κ2) is 10.5. The minimum Gasteiger partial charge on any atom is -0.372 e. The van der Waals surface area contributed by atoms with Crippen LogP contribution >= 0.6 is 24.0 Å². The van der Waals surface area contributed by atoms with Crippen molar-refractivity contribution in [2.45, 2.75) is 26.3 Å². The van der Waals surface area contributed by atoms with Crippen LogP contribution in [-0.2, 0) is 6.54 Å². The molecule has 1 aliphatic rings. The summed E-state index contributed by atoms with van der Waals surface area (Å²) in [6.07, 6.45) is 4.42. The van der Waals surface area contributed by atoms with Gasteiger partial charge in [-0.25, -0.2) is 0 Å². The lowest BCUT2D eigenvalue weighted by Gasteiger charge is -2.32. The van der Waals surface area contributed by atoms with E-state index in [0.717, 1.165) is 18.4 Å². The first-order valence-corrected chi connectivity index (χ1v) is 8.12. The van der Waals surface area contributed by atoms with Crippen LogP contribution in [0.25, 0.3) is 0 Å². The summed E-state index contributed by atoms with van der Waals surface area (Å²) in [5.41, 5.74) is 2.60.